The summed E-state index contributed by atoms with van der Waals surface area (Å²) in [6.45, 7) is 6.25. The average molecular weight is 607 g/mol. The van der Waals surface area contributed by atoms with E-state index in [1.165, 1.54) is 48.7 Å². The molecule has 1 saturated carbocycles. The van der Waals surface area contributed by atoms with Gasteiger partial charge in [-0.05, 0) is 56.2 Å². The largest absolute Gasteiger partial charge is 0.355 e. The summed E-state index contributed by atoms with van der Waals surface area (Å²) in [5.41, 5.74) is -1.52. The van der Waals surface area contributed by atoms with Crippen LogP contribution in [0.3, 0.4) is 0 Å². The fourth-order valence-corrected chi connectivity index (χ4v) is 7.52. The monoisotopic (exact) mass is 606 g/mol. The molecule has 2 aliphatic rings. The van der Waals surface area contributed by atoms with Crippen molar-refractivity contribution < 1.29 is 22.0 Å². The van der Waals surface area contributed by atoms with Crippen LogP contribution >= 0.6 is 0 Å². The van der Waals surface area contributed by atoms with Crippen LogP contribution in [0.25, 0.3) is 28.0 Å². The van der Waals surface area contributed by atoms with Crippen molar-refractivity contribution in [3.05, 3.63) is 83.4 Å². The highest BCUT2D eigenvalue weighted by atomic mass is 32.2. The van der Waals surface area contributed by atoms with Crippen LogP contribution in [0.2, 0.25) is 0 Å². The van der Waals surface area contributed by atoms with Crippen molar-refractivity contribution in [3.63, 3.8) is 0 Å². The van der Waals surface area contributed by atoms with Gasteiger partial charge in [-0.2, -0.15) is 4.98 Å². The fourth-order valence-electron chi connectivity index (χ4n) is 5.60. The average Bonchev–Trinajstić information content (AvgIpc) is 2.95. The van der Waals surface area contributed by atoms with E-state index in [0.717, 1.165) is 17.1 Å². The van der Waals surface area contributed by atoms with Crippen LogP contribution in [0.15, 0.2) is 71.1 Å². The van der Waals surface area contributed by atoms with Gasteiger partial charge in [0.05, 0.1) is 16.3 Å². The summed E-state index contributed by atoms with van der Waals surface area (Å²) < 4.78 is 58.7. The topological polar surface area (TPSA) is 118 Å². The van der Waals surface area contributed by atoms with E-state index < -0.39 is 32.4 Å². The molecule has 1 aliphatic carbocycles. The van der Waals surface area contributed by atoms with E-state index in [1.54, 1.807) is 9.80 Å². The number of anilines is 1. The normalized spacial score (nSPS) is 17.6. The molecular formula is C30H28F2N6O4S. The third-order valence-corrected chi connectivity index (χ3v) is 10.3. The lowest BCUT2D eigenvalue weighted by Crippen LogP contribution is -2.54. The van der Waals surface area contributed by atoms with Crippen molar-refractivity contribution in [2.75, 3.05) is 24.5 Å². The number of hydrogen-bond acceptors (Lipinski definition) is 8. The summed E-state index contributed by atoms with van der Waals surface area (Å²) >= 11 is 0. The minimum atomic E-state index is -3.92. The molecule has 1 aromatic carbocycles. The molecule has 0 radical (unpaired) electrons. The van der Waals surface area contributed by atoms with Gasteiger partial charge in [0.25, 0.3) is 0 Å². The van der Waals surface area contributed by atoms with Gasteiger partial charge in [-0.3, -0.25) is 4.79 Å². The maximum atomic E-state index is 15.8. The number of halogens is 2. The number of amides is 1. The van der Waals surface area contributed by atoms with Gasteiger partial charge in [-0.25, -0.2) is 36.5 Å². The number of hydrogen-bond donors (Lipinski definition) is 0. The smallest absolute Gasteiger partial charge is 0.350 e. The van der Waals surface area contributed by atoms with E-state index in [-0.39, 0.29) is 57.3 Å². The van der Waals surface area contributed by atoms with E-state index in [1.807, 2.05) is 6.92 Å². The number of carbonyl (C=O) groups is 1. The van der Waals surface area contributed by atoms with E-state index in [2.05, 4.69) is 21.5 Å². The summed E-state index contributed by atoms with van der Waals surface area (Å²) in [6.07, 6.45) is 4.27. The molecule has 0 unspecified atom stereocenters. The zero-order valence-electron chi connectivity index (χ0n) is 23.3. The predicted molar refractivity (Wildman–Crippen MR) is 157 cm³/mol. The van der Waals surface area contributed by atoms with E-state index in [0.29, 0.717) is 25.9 Å². The van der Waals surface area contributed by atoms with Gasteiger partial charge in [0.15, 0.2) is 10.7 Å². The number of rotatable bonds is 6. The lowest BCUT2D eigenvalue weighted by molar-refractivity contribution is -0.126. The van der Waals surface area contributed by atoms with E-state index in [9.17, 15) is 22.4 Å². The Balaban J connectivity index is 1.61. The minimum absolute atomic E-state index is 0.0727. The van der Waals surface area contributed by atoms with Crippen LogP contribution < -0.4 is 10.6 Å². The second kappa shape index (κ2) is 11.0. The number of benzene rings is 1. The summed E-state index contributed by atoms with van der Waals surface area (Å²) in [5.74, 6) is -1.69. The van der Waals surface area contributed by atoms with Crippen LogP contribution in [0, 0.1) is 11.6 Å². The molecule has 1 aliphatic heterocycles. The van der Waals surface area contributed by atoms with E-state index >= 15 is 4.39 Å². The zero-order chi connectivity index (χ0) is 30.5. The molecule has 43 heavy (non-hydrogen) atoms. The number of sulfone groups is 1. The quantitative estimate of drug-likeness (QED) is 0.305. The molecule has 0 spiro atoms. The van der Waals surface area contributed by atoms with Crippen molar-refractivity contribution in [1.29, 1.82) is 0 Å². The zero-order valence-corrected chi connectivity index (χ0v) is 24.1. The number of piperazine rings is 1. The Morgan fingerprint density at radius 2 is 1.84 bits per heavy atom. The van der Waals surface area contributed by atoms with Gasteiger partial charge in [0, 0.05) is 37.4 Å². The predicted octanol–water partition coefficient (Wildman–Crippen LogP) is 3.67. The first-order valence-corrected chi connectivity index (χ1v) is 15.4. The lowest BCUT2D eigenvalue weighted by atomic mass is 10.0. The minimum Gasteiger partial charge on any atom is -0.350 e. The van der Waals surface area contributed by atoms with Crippen molar-refractivity contribution in [1.82, 2.24) is 24.4 Å². The van der Waals surface area contributed by atoms with Crippen molar-refractivity contribution >= 4 is 32.6 Å². The Bertz CT molecular complexity index is 1940. The molecule has 222 valence electrons. The van der Waals surface area contributed by atoms with Crippen molar-refractivity contribution in [3.8, 4) is 16.9 Å². The molecule has 4 aromatic rings. The highest BCUT2D eigenvalue weighted by Gasteiger charge is 2.37. The Labute approximate surface area is 246 Å². The summed E-state index contributed by atoms with van der Waals surface area (Å²) in [4.78, 5) is 42.4. The van der Waals surface area contributed by atoms with Gasteiger partial charge >= 0.3 is 5.69 Å². The summed E-state index contributed by atoms with van der Waals surface area (Å²) in [5, 5.41) is -0.824. The first-order valence-electron chi connectivity index (χ1n) is 13.9. The Kier molecular flexibility index (Phi) is 7.28. The lowest BCUT2D eigenvalue weighted by Gasteiger charge is -2.40. The second-order valence-corrected chi connectivity index (χ2v) is 12.8. The molecule has 13 heteroatoms. The van der Waals surface area contributed by atoms with Gasteiger partial charge in [0.1, 0.15) is 23.1 Å². The molecule has 1 atom stereocenters. The number of pyridine rings is 2. The van der Waals surface area contributed by atoms with Crippen LogP contribution in [-0.4, -0.2) is 69.7 Å². The number of nitrogens with zero attached hydrogens (tertiary/aromatic N) is 6. The molecular weight excluding hydrogens is 578 g/mol. The molecule has 1 saturated heterocycles. The number of aromatic nitrogens is 4. The number of carbonyl (C=O) groups excluding carboxylic acids is 1. The summed E-state index contributed by atoms with van der Waals surface area (Å²) in [6, 6.07) is 9.25. The molecule has 6 rings (SSSR count). The van der Waals surface area contributed by atoms with Crippen molar-refractivity contribution in [2.45, 2.75) is 42.5 Å². The highest BCUT2D eigenvalue weighted by molar-refractivity contribution is 7.92. The van der Waals surface area contributed by atoms with Crippen LogP contribution in [0.4, 0.5) is 14.6 Å². The Hall–Kier alpha value is -4.52. The number of fused-ring (bicyclic) bond motifs is 1. The molecule has 3 aromatic heterocycles. The molecule has 1 amide bonds. The summed E-state index contributed by atoms with van der Waals surface area (Å²) in [7, 11) is -3.92. The molecule has 0 bridgehead atoms. The molecule has 10 nitrogen and oxygen atoms in total. The van der Waals surface area contributed by atoms with Gasteiger partial charge in [0.2, 0.25) is 15.7 Å². The fraction of sp³-hybridized carbons (Fsp3) is 0.300. The molecule has 2 fully saturated rings. The highest BCUT2D eigenvalue weighted by Crippen LogP contribution is 2.35. The van der Waals surface area contributed by atoms with Gasteiger partial charge in [-0.15, -0.1) is 0 Å². The third-order valence-electron chi connectivity index (χ3n) is 8.07. The Morgan fingerprint density at radius 1 is 1.07 bits per heavy atom. The first kappa shape index (κ1) is 28.6. The molecule has 4 heterocycles. The van der Waals surface area contributed by atoms with E-state index in [4.69, 9.17) is 0 Å². The van der Waals surface area contributed by atoms with Crippen molar-refractivity contribution in [2.24, 2.45) is 0 Å². The van der Waals surface area contributed by atoms with Crippen LogP contribution in [0.1, 0.15) is 26.2 Å². The third kappa shape index (κ3) is 4.86. The first-order chi connectivity index (χ1) is 20.6. The maximum Gasteiger partial charge on any atom is 0.355 e. The standard InChI is InChI=1S/C30H28F2N6O4S/c1-3-25(39)36-14-15-37(18(2)17-36)27-21-16-23(32)26(20-10-4-5-11-22(20)31)34-28(21)38(30(40)35-27)24-12-7-13-33-29(24)43(41,42)19-8-6-9-19/h3-5,7,10-13,16,18-19H,1,6,8-9,14-15,17H2,2H3/t18-/m0/s1. The van der Waals surface area contributed by atoms with Crippen LogP contribution in [-0.2, 0) is 14.6 Å². The Morgan fingerprint density at radius 3 is 2.51 bits per heavy atom. The second-order valence-electron chi connectivity index (χ2n) is 10.7. The van der Waals surface area contributed by atoms with Gasteiger partial charge in [-0.1, -0.05) is 25.1 Å². The van der Waals surface area contributed by atoms with Gasteiger partial charge < -0.3 is 9.80 Å². The van der Waals surface area contributed by atoms with Crippen LogP contribution in [0.5, 0.6) is 0 Å². The maximum absolute atomic E-state index is 15.8. The molecule has 0 N–H and O–H groups in total. The SMILES string of the molecule is C=CC(=O)N1CCN(c2nc(=O)n(-c3cccnc3S(=O)(=O)C3CCC3)c3nc(-c4ccccc4F)c(F)cc23)[C@@H](C)C1.